The van der Waals surface area contributed by atoms with Gasteiger partial charge in [-0.2, -0.15) is 5.26 Å². The first-order valence-electron chi connectivity index (χ1n) is 14.4. The van der Waals surface area contributed by atoms with Crippen LogP contribution in [-0.2, 0) is 28.0 Å². The molecule has 0 aliphatic carbocycles. The van der Waals surface area contributed by atoms with Crippen LogP contribution < -0.4 is 18.9 Å². The third kappa shape index (κ3) is 7.79. The summed E-state index contributed by atoms with van der Waals surface area (Å²) < 4.78 is 27.6. The minimum absolute atomic E-state index is 0.134. The van der Waals surface area contributed by atoms with Crippen molar-refractivity contribution in [2.75, 3.05) is 48.6 Å². The Morgan fingerprint density at radius 1 is 0.791 bits per heavy atom. The van der Waals surface area contributed by atoms with E-state index in [0.717, 1.165) is 30.6 Å². The van der Waals surface area contributed by atoms with Crippen molar-refractivity contribution in [3.05, 3.63) is 83.4 Å². The molecular weight excluding hydrogens is 544 g/mol. The van der Waals surface area contributed by atoms with Crippen LogP contribution in [0.4, 0.5) is 0 Å². The highest BCUT2D eigenvalue weighted by Crippen LogP contribution is 2.48. The van der Waals surface area contributed by atoms with Crippen molar-refractivity contribution < 1.29 is 28.5 Å². The number of nitrogens with zero attached hydrogens (tertiary/aromatic N) is 2. The lowest BCUT2D eigenvalue weighted by Crippen LogP contribution is -2.47. The van der Waals surface area contributed by atoms with Gasteiger partial charge >= 0.3 is 5.97 Å². The van der Waals surface area contributed by atoms with E-state index in [2.05, 4.69) is 18.0 Å². The maximum atomic E-state index is 13.7. The predicted molar refractivity (Wildman–Crippen MR) is 167 cm³/mol. The van der Waals surface area contributed by atoms with Crippen LogP contribution in [0.15, 0.2) is 66.7 Å². The van der Waals surface area contributed by atoms with Crippen LogP contribution in [-0.4, -0.2) is 59.4 Å². The first kappa shape index (κ1) is 33.3. The Labute approximate surface area is 256 Å². The van der Waals surface area contributed by atoms with Gasteiger partial charge in [0, 0.05) is 6.54 Å². The van der Waals surface area contributed by atoms with Crippen molar-refractivity contribution >= 4 is 5.97 Å². The number of hydrogen-bond donors (Lipinski definition) is 0. The Hall–Kier alpha value is -4.22. The Balaban J connectivity index is 1.81. The molecule has 230 valence electrons. The molecule has 0 aliphatic rings. The highest BCUT2D eigenvalue weighted by molar-refractivity contribution is 5.79. The minimum atomic E-state index is -1.19. The molecule has 0 heterocycles. The summed E-state index contributed by atoms with van der Waals surface area (Å²) in [4.78, 5) is 15.9. The Bertz CT molecular complexity index is 1380. The number of benzene rings is 3. The van der Waals surface area contributed by atoms with E-state index in [1.54, 1.807) is 54.4 Å². The topological polar surface area (TPSA) is 90.2 Å². The second-order valence-corrected chi connectivity index (χ2v) is 11.1. The Morgan fingerprint density at radius 2 is 1.40 bits per heavy atom. The summed E-state index contributed by atoms with van der Waals surface area (Å²) in [6.45, 7) is 5.27. The maximum Gasteiger partial charge on any atom is 0.313 e. The highest BCUT2D eigenvalue weighted by atomic mass is 16.5. The second kappa shape index (κ2) is 15.3. The third-order valence-corrected chi connectivity index (χ3v) is 8.18. The average molecular weight is 589 g/mol. The molecule has 3 aromatic rings. The van der Waals surface area contributed by atoms with Crippen LogP contribution in [0, 0.1) is 16.7 Å². The van der Waals surface area contributed by atoms with E-state index in [1.165, 1.54) is 0 Å². The first-order chi connectivity index (χ1) is 20.6. The zero-order valence-electron chi connectivity index (χ0n) is 26.4. The SMILES string of the molecule is COc1ccc(CCN(C)CCCC(C#N)(c2ccc(OC)c(OC)c2)C(C)(C)C(=O)OCc2ccccc2)cc1OC. The fraction of sp³-hybridized carbons (Fsp3) is 0.429. The summed E-state index contributed by atoms with van der Waals surface area (Å²) in [6.07, 6.45) is 1.94. The summed E-state index contributed by atoms with van der Waals surface area (Å²) >= 11 is 0. The van der Waals surface area contributed by atoms with E-state index in [0.29, 0.717) is 41.4 Å². The van der Waals surface area contributed by atoms with E-state index in [9.17, 15) is 10.1 Å². The number of esters is 1. The number of hydrogen-bond acceptors (Lipinski definition) is 8. The molecular formula is C35H44N2O6. The van der Waals surface area contributed by atoms with Crippen LogP contribution in [0.5, 0.6) is 23.0 Å². The lowest BCUT2D eigenvalue weighted by molar-refractivity contribution is -0.158. The van der Waals surface area contributed by atoms with Gasteiger partial charge in [0.05, 0.1) is 45.3 Å². The largest absolute Gasteiger partial charge is 0.493 e. The summed E-state index contributed by atoms with van der Waals surface area (Å²) in [5.74, 6) is 2.03. The molecule has 1 atom stereocenters. The van der Waals surface area contributed by atoms with Crippen molar-refractivity contribution in [2.45, 2.75) is 45.1 Å². The minimum Gasteiger partial charge on any atom is -0.493 e. The number of carbonyl (C=O) groups is 1. The first-order valence-corrected chi connectivity index (χ1v) is 14.4. The molecule has 0 fully saturated rings. The lowest BCUT2D eigenvalue weighted by atomic mass is 9.60. The van der Waals surface area contributed by atoms with Gasteiger partial charge in [0.1, 0.15) is 6.61 Å². The van der Waals surface area contributed by atoms with Gasteiger partial charge in [-0.25, -0.2) is 0 Å². The van der Waals surface area contributed by atoms with Crippen molar-refractivity contribution in [3.63, 3.8) is 0 Å². The average Bonchev–Trinajstić information content (AvgIpc) is 3.04. The third-order valence-electron chi connectivity index (χ3n) is 8.18. The van der Waals surface area contributed by atoms with Gasteiger partial charge in [-0.15, -0.1) is 0 Å². The van der Waals surface area contributed by atoms with Crippen molar-refractivity contribution in [1.82, 2.24) is 4.90 Å². The maximum absolute atomic E-state index is 13.7. The molecule has 3 aromatic carbocycles. The number of methoxy groups -OCH3 is 4. The fourth-order valence-electron chi connectivity index (χ4n) is 5.34. The summed E-state index contributed by atoms with van der Waals surface area (Å²) in [5, 5.41) is 10.8. The summed E-state index contributed by atoms with van der Waals surface area (Å²) in [7, 11) is 8.44. The lowest BCUT2D eigenvalue weighted by Gasteiger charge is -2.40. The zero-order chi connectivity index (χ0) is 31.5. The van der Waals surface area contributed by atoms with Gasteiger partial charge in [0.25, 0.3) is 0 Å². The van der Waals surface area contributed by atoms with Crippen LogP contribution in [0.3, 0.4) is 0 Å². The monoisotopic (exact) mass is 588 g/mol. The molecule has 0 aromatic heterocycles. The molecule has 0 N–H and O–H groups in total. The van der Waals surface area contributed by atoms with Gasteiger partial charge in [0.15, 0.2) is 23.0 Å². The van der Waals surface area contributed by atoms with E-state index in [-0.39, 0.29) is 6.61 Å². The van der Waals surface area contributed by atoms with E-state index in [1.807, 2.05) is 54.6 Å². The molecule has 3 rings (SSSR count). The van der Waals surface area contributed by atoms with Crippen molar-refractivity contribution in [2.24, 2.45) is 5.41 Å². The fourth-order valence-corrected chi connectivity index (χ4v) is 5.34. The van der Waals surface area contributed by atoms with Gasteiger partial charge in [0.2, 0.25) is 0 Å². The van der Waals surface area contributed by atoms with Crippen LogP contribution >= 0.6 is 0 Å². The molecule has 0 aliphatic heterocycles. The zero-order valence-corrected chi connectivity index (χ0v) is 26.4. The van der Waals surface area contributed by atoms with E-state index >= 15 is 0 Å². The van der Waals surface area contributed by atoms with E-state index < -0.39 is 16.8 Å². The van der Waals surface area contributed by atoms with Gasteiger partial charge in [-0.05, 0) is 87.7 Å². The smallest absolute Gasteiger partial charge is 0.313 e. The number of ether oxygens (including phenoxy) is 5. The number of likely N-dealkylation sites (N-methyl/N-ethyl adjacent to an activating group) is 1. The van der Waals surface area contributed by atoms with Gasteiger partial charge in [-0.3, -0.25) is 4.79 Å². The molecule has 43 heavy (non-hydrogen) atoms. The van der Waals surface area contributed by atoms with Crippen LogP contribution in [0.1, 0.15) is 43.4 Å². The molecule has 0 amide bonds. The highest BCUT2D eigenvalue weighted by Gasteiger charge is 2.52. The van der Waals surface area contributed by atoms with E-state index in [4.69, 9.17) is 23.7 Å². The van der Waals surface area contributed by atoms with Crippen LogP contribution in [0.2, 0.25) is 0 Å². The standard InChI is InChI=1S/C35H44N2O6/c1-34(2,33(38)43-24-27-12-9-8-10-13-27)35(25-36,28-15-17-30(40-5)32(23-28)42-7)19-11-20-37(3)21-18-26-14-16-29(39-4)31(22-26)41-6/h8-10,12-17,22-23H,11,18-21,24H2,1-7H3. The van der Waals surface area contributed by atoms with Crippen molar-refractivity contribution in [3.8, 4) is 29.1 Å². The summed E-state index contributed by atoms with van der Waals surface area (Å²) in [6, 6.07) is 23.5. The van der Waals surface area contributed by atoms with Gasteiger partial charge < -0.3 is 28.6 Å². The number of rotatable bonds is 16. The molecule has 0 saturated heterocycles. The summed E-state index contributed by atoms with van der Waals surface area (Å²) in [5.41, 5.74) is 0.348. The number of carbonyl (C=O) groups excluding carboxylic acids is 1. The molecule has 0 spiro atoms. The molecule has 8 nitrogen and oxygen atoms in total. The van der Waals surface area contributed by atoms with Gasteiger partial charge in [-0.1, -0.05) is 42.5 Å². The molecule has 8 heteroatoms. The molecule has 0 radical (unpaired) electrons. The van der Waals surface area contributed by atoms with Crippen molar-refractivity contribution in [1.29, 1.82) is 5.26 Å². The number of nitriles is 1. The predicted octanol–water partition coefficient (Wildman–Crippen LogP) is 6.21. The quantitative estimate of drug-likeness (QED) is 0.183. The normalized spacial score (nSPS) is 12.6. The second-order valence-electron chi connectivity index (χ2n) is 11.1. The molecule has 1 unspecified atom stereocenters. The molecule has 0 saturated carbocycles. The Morgan fingerprint density at radius 3 is 2.00 bits per heavy atom. The van der Waals surface area contributed by atoms with Crippen LogP contribution in [0.25, 0.3) is 0 Å². The Kier molecular flexibility index (Phi) is 11.8. The molecule has 0 bridgehead atoms.